The molecule has 0 amide bonds. The van der Waals surface area contributed by atoms with Crippen LogP contribution in [0.15, 0.2) is 36.4 Å². The maximum atomic E-state index is 11.2. The fraction of sp³-hybridized carbons (Fsp3) is 0.625. The summed E-state index contributed by atoms with van der Waals surface area (Å²) in [6.07, 6.45) is 32.1. The Hall–Kier alpha value is -1.82. The maximum Gasteiger partial charge on any atom is 2.00 e. The zero-order valence-corrected chi connectivity index (χ0v) is 36.2. The van der Waals surface area contributed by atoms with Crippen LogP contribution in [0.3, 0.4) is 0 Å². The number of hydrogen-bond donors (Lipinski definition) is 0. The molecule has 51 heavy (non-hydrogen) atoms. The molecule has 0 spiro atoms. The Morgan fingerprint density at radius 2 is 0.706 bits per heavy atom. The first-order valence-electron chi connectivity index (χ1n) is 21.1. The van der Waals surface area contributed by atoms with Crippen molar-refractivity contribution in [3.05, 3.63) is 100 Å². The molecule has 0 saturated carbocycles. The summed E-state index contributed by atoms with van der Waals surface area (Å²) in [6, 6.07) is 9.05. The molecule has 0 radical (unpaired) electrons. The van der Waals surface area contributed by atoms with Gasteiger partial charge in [-0.25, -0.2) is 4.70 Å². The van der Waals surface area contributed by atoms with Crippen molar-refractivity contribution in [1.82, 2.24) is 0 Å². The molecule has 1 aliphatic heterocycles. The summed E-state index contributed by atoms with van der Waals surface area (Å²) in [7, 11) is 0. The molecule has 0 saturated heterocycles. The molecule has 0 fully saturated rings. The minimum atomic E-state index is 0. The van der Waals surface area contributed by atoms with Crippen molar-refractivity contribution < 1.29 is 25.1 Å². The van der Waals surface area contributed by atoms with E-state index in [9.17, 15) is 5.53 Å². The van der Waals surface area contributed by atoms with Gasteiger partial charge in [-0.3, -0.25) is 0 Å². The van der Waals surface area contributed by atoms with E-state index in [1.54, 1.807) is 0 Å². The van der Waals surface area contributed by atoms with Crippen LogP contribution in [0.4, 0.5) is 0 Å². The van der Waals surface area contributed by atoms with Crippen molar-refractivity contribution in [1.29, 1.82) is 0 Å². The number of hydrogen-bond acceptors (Lipinski definition) is 0. The van der Waals surface area contributed by atoms with Gasteiger partial charge in [-0.05, 0) is 96.2 Å². The van der Waals surface area contributed by atoms with E-state index in [0.29, 0.717) is 0 Å². The zero-order valence-electron chi connectivity index (χ0n) is 34.6. The first-order valence-corrected chi connectivity index (χ1v) is 21.1. The summed E-state index contributed by atoms with van der Waals surface area (Å²) < 4.78 is 1.39. The first kappa shape index (κ1) is 49.2. The van der Waals surface area contributed by atoms with Crippen LogP contribution in [0.2, 0.25) is 0 Å². The minimum absolute atomic E-state index is 0. The van der Waals surface area contributed by atoms with Crippen LogP contribution >= 0.6 is 0 Å². The van der Waals surface area contributed by atoms with Gasteiger partial charge >= 0.3 is 20.4 Å². The Kier molecular flexibility index (Phi) is 29.5. The average molecular weight is 790 g/mol. The van der Waals surface area contributed by atoms with Crippen LogP contribution in [0.1, 0.15) is 203 Å². The standard InChI is InChI=1S/C28H36N2.2C10H21.Pd/c1-7-19-15-23(16-20(8-2)25(19)11-5)27-13-14-28(30(27)29)24-17-21(9-3)26(12-6)22(10-4)18-24;2*1-3-5-7-9-10-8-6-4-2;/h13-18H,7-12H2,1-6H3;2*1,3-10H2,2H3;/q;2*-1;+2. The number of unbranched alkanes of at least 4 members (excludes halogenated alkanes) is 14. The minimum Gasteiger partial charge on any atom is -0.493 e. The van der Waals surface area contributed by atoms with Gasteiger partial charge in [0.2, 0.25) is 11.4 Å². The number of benzene rings is 2. The quantitative estimate of drug-likeness (QED) is 0.0491. The summed E-state index contributed by atoms with van der Waals surface area (Å²) in [5.41, 5.74) is 23.6. The second-order valence-electron chi connectivity index (χ2n) is 14.0. The molecule has 3 rings (SSSR count). The van der Waals surface area contributed by atoms with Crippen molar-refractivity contribution in [3.8, 4) is 0 Å². The van der Waals surface area contributed by atoms with Gasteiger partial charge in [0.15, 0.2) is 0 Å². The van der Waals surface area contributed by atoms with E-state index >= 15 is 0 Å². The fourth-order valence-electron chi connectivity index (χ4n) is 7.19. The molecule has 1 aliphatic rings. The Labute approximate surface area is 331 Å². The SMILES string of the molecule is CCc1cc(C2=CC=C(c3cc(CC)c(CC)c(CC)c3)[N+]2=[N-])cc(CC)c1CC.[CH2-]CCCCCCCCC.[CH2-]CCCCCCCCC.[Pd+2]. The van der Waals surface area contributed by atoms with Gasteiger partial charge in [0.05, 0.1) is 0 Å². The number of rotatable bonds is 22. The summed E-state index contributed by atoms with van der Waals surface area (Å²) in [5.74, 6) is 0. The van der Waals surface area contributed by atoms with Gasteiger partial charge in [-0.1, -0.05) is 145 Å². The van der Waals surface area contributed by atoms with Gasteiger partial charge in [-0.15, -0.1) is 0 Å². The van der Waals surface area contributed by atoms with E-state index in [0.717, 1.165) is 73.9 Å². The third-order valence-corrected chi connectivity index (χ3v) is 10.3. The Bertz CT molecular complexity index is 1120. The molecule has 0 unspecified atom stereocenters. The molecule has 2 aromatic rings. The summed E-state index contributed by atoms with van der Waals surface area (Å²) >= 11 is 0. The van der Waals surface area contributed by atoms with Gasteiger partial charge in [-0.2, -0.15) is 12.8 Å². The largest absolute Gasteiger partial charge is 2.00 e. The molecule has 290 valence electrons. The normalized spacial score (nSPS) is 12.0. The van der Waals surface area contributed by atoms with Gasteiger partial charge in [0.1, 0.15) is 0 Å². The van der Waals surface area contributed by atoms with Crippen LogP contribution in [-0.2, 0) is 58.9 Å². The van der Waals surface area contributed by atoms with Gasteiger partial charge in [0, 0.05) is 23.3 Å². The van der Waals surface area contributed by atoms with E-state index in [-0.39, 0.29) is 20.4 Å². The second kappa shape index (κ2) is 30.6. The van der Waals surface area contributed by atoms with E-state index in [4.69, 9.17) is 0 Å². The molecule has 0 bridgehead atoms. The predicted molar refractivity (Wildman–Crippen MR) is 225 cm³/mol. The van der Waals surface area contributed by atoms with E-state index in [2.05, 4.69) is 106 Å². The van der Waals surface area contributed by atoms with Crippen LogP contribution in [-0.4, -0.2) is 4.70 Å². The molecule has 1 heterocycles. The van der Waals surface area contributed by atoms with Crippen LogP contribution in [0.25, 0.3) is 16.9 Å². The molecular weight excluding hydrogens is 711 g/mol. The van der Waals surface area contributed by atoms with Gasteiger partial charge < -0.3 is 19.4 Å². The Morgan fingerprint density at radius 1 is 0.431 bits per heavy atom. The number of allylic oxidation sites excluding steroid dienone is 2. The molecule has 0 atom stereocenters. The van der Waals surface area contributed by atoms with E-state index < -0.39 is 0 Å². The zero-order chi connectivity index (χ0) is 37.1. The second-order valence-corrected chi connectivity index (χ2v) is 14.0. The number of nitrogens with zero attached hydrogens (tertiary/aromatic N) is 2. The van der Waals surface area contributed by atoms with Crippen molar-refractivity contribution in [2.24, 2.45) is 0 Å². The molecule has 2 aromatic carbocycles. The smallest absolute Gasteiger partial charge is 0.493 e. The van der Waals surface area contributed by atoms with Crippen LogP contribution in [0, 0.1) is 13.8 Å². The summed E-state index contributed by atoms with van der Waals surface area (Å²) in [5, 5.41) is 0. The Morgan fingerprint density at radius 3 is 0.941 bits per heavy atom. The first-order chi connectivity index (χ1) is 24.3. The predicted octanol–water partition coefficient (Wildman–Crippen LogP) is 15.4. The molecule has 0 aliphatic carbocycles. The molecular formula is C48H78N2Pd. The third-order valence-electron chi connectivity index (χ3n) is 10.3. The molecule has 0 N–H and O–H groups in total. The molecule has 0 aromatic heterocycles. The van der Waals surface area contributed by atoms with Crippen molar-refractivity contribution in [2.45, 2.75) is 197 Å². The van der Waals surface area contributed by atoms with E-state index in [1.807, 2.05) is 0 Å². The number of aryl methyl sites for hydroxylation is 4. The van der Waals surface area contributed by atoms with Crippen molar-refractivity contribution >= 4 is 11.4 Å². The maximum absolute atomic E-state index is 11.2. The fourth-order valence-corrected chi connectivity index (χ4v) is 7.19. The van der Waals surface area contributed by atoms with Crippen molar-refractivity contribution in [2.75, 3.05) is 0 Å². The van der Waals surface area contributed by atoms with E-state index in [1.165, 1.54) is 128 Å². The monoisotopic (exact) mass is 789 g/mol. The topological polar surface area (TPSA) is 25.3 Å². The summed E-state index contributed by atoms with van der Waals surface area (Å²) in [4.78, 5) is 0. The molecule has 2 nitrogen and oxygen atoms in total. The van der Waals surface area contributed by atoms with Gasteiger partial charge in [0.25, 0.3) is 0 Å². The summed E-state index contributed by atoms with van der Waals surface area (Å²) in [6.45, 7) is 25.5. The molecule has 3 heteroatoms. The van der Waals surface area contributed by atoms with Crippen molar-refractivity contribution in [3.63, 3.8) is 0 Å². The Balaban J connectivity index is 0.000000981. The van der Waals surface area contributed by atoms with Crippen LogP contribution < -0.4 is 0 Å². The van der Waals surface area contributed by atoms with Crippen LogP contribution in [0.5, 0.6) is 0 Å². The third kappa shape index (κ3) is 17.3. The average Bonchev–Trinajstić information content (AvgIpc) is 3.54.